The highest BCUT2D eigenvalue weighted by atomic mass is 16.6. The standard InChI is InChI=1S/C37H66O7/c1-3-4-13-19-30(38)20-16-17-22-32(40)34-24-26-36(44-34)35-25-23-33(43-35)31(39)21-15-12-10-8-6-5-7-9-11-14-18-29-27-28(2)42-37(29)41/h27-28,30-36,38-40H,3-26H2,1-2H3/t28?,30-,31-,32-,33-,34+,35-,36-/m1/s1. The number of carbonyl (C=O) groups is 1. The van der Waals surface area contributed by atoms with E-state index >= 15 is 0 Å². The summed E-state index contributed by atoms with van der Waals surface area (Å²) in [6.45, 7) is 4.09. The molecule has 256 valence electrons. The number of esters is 1. The van der Waals surface area contributed by atoms with Crippen LogP contribution < -0.4 is 0 Å². The van der Waals surface area contributed by atoms with Crippen molar-refractivity contribution in [3.8, 4) is 0 Å². The molecular formula is C37H66O7. The van der Waals surface area contributed by atoms with Gasteiger partial charge in [0.2, 0.25) is 0 Å². The fourth-order valence-electron chi connectivity index (χ4n) is 7.27. The third kappa shape index (κ3) is 14.2. The van der Waals surface area contributed by atoms with E-state index in [-0.39, 0.29) is 42.6 Å². The van der Waals surface area contributed by atoms with Gasteiger partial charge in [0, 0.05) is 5.57 Å². The molecule has 7 heteroatoms. The highest BCUT2D eigenvalue weighted by Gasteiger charge is 2.40. The molecule has 0 spiro atoms. The van der Waals surface area contributed by atoms with E-state index in [0.29, 0.717) is 0 Å². The molecular weight excluding hydrogens is 556 g/mol. The molecule has 2 saturated heterocycles. The Hall–Kier alpha value is -0.990. The Morgan fingerprint density at radius 2 is 1.11 bits per heavy atom. The molecule has 44 heavy (non-hydrogen) atoms. The van der Waals surface area contributed by atoms with E-state index in [1.165, 1.54) is 64.2 Å². The topological polar surface area (TPSA) is 105 Å². The maximum Gasteiger partial charge on any atom is 0.334 e. The van der Waals surface area contributed by atoms with Crippen LogP contribution >= 0.6 is 0 Å². The summed E-state index contributed by atoms with van der Waals surface area (Å²) in [4.78, 5) is 11.6. The minimum Gasteiger partial charge on any atom is -0.455 e. The van der Waals surface area contributed by atoms with Gasteiger partial charge in [0.05, 0.1) is 42.7 Å². The normalized spacial score (nSPS) is 27.4. The van der Waals surface area contributed by atoms with Gasteiger partial charge in [-0.25, -0.2) is 4.79 Å². The van der Waals surface area contributed by atoms with E-state index < -0.39 is 12.2 Å². The summed E-state index contributed by atoms with van der Waals surface area (Å²) in [5.41, 5.74) is 0.863. The first-order chi connectivity index (χ1) is 21.4. The molecule has 3 aliphatic heterocycles. The van der Waals surface area contributed by atoms with Crippen molar-refractivity contribution < 1.29 is 34.3 Å². The zero-order valence-electron chi connectivity index (χ0n) is 28.1. The van der Waals surface area contributed by atoms with Crippen molar-refractivity contribution in [1.82, 2.24) is 0 Å². The molecule has 0 aromatic heterocycles. The number of carbonyl (C=O) groups excluding carboxylic acids is 1. The average Bonchev–Trinajstić information content (AvgIpc) is 3.76. The van der Waals surface area contributed by atoms with Crippen LogP contribution in [0.15, 0.2) is 11.6 Å². The molecule has 2 fully saturated rings. The highest BCUT2D eigenvalue weighted by molar-refractivity contribution is 5.90. The van der Waals surface area contributed by atoms with E-state index in [1.807, 2.05) is 13.0 Å². The number of hydrogen-bond donors (Lipinski definition) is 3. The molecule has 0 aliphatic carbocycles. The number of rotatable bonds is 25. The molecule has 0 saturated carbocycles. The van der Waals surface area contributed by atoms with E-state index in [0.717, 1.165) is 95.5 Å². The molecule has 8 atom stereocenters. The minimum atomic E-state index is -0.447. The van der Waals surface area contributed by atoms with Crippen LogP contribution in [0.25, 0.3) is 0 Å². The number of aliphatic hydroxyl groups excluding tert-OH is 3. The first-order valence-corrected chi connectivity index (χ1v) is 18.6. The molecule has 0 aromatic rings. The van der Waals surface area contributed by atoms with Gasteiger partial charge in [-0.3, -0.25) is 0 Å². The molecule has 3 N–H and O–H groups in total. The van der Waals surface area contributed by atoms with Crippen molar-refractivity contribution in [1.29, 1.82) is 0 Å². The van der Waals surface area contributed by atoms with E-state index in [9.17, 15) is 20.1 Å². The van der Waals surface area contributed by atoms with Crippen LogP contribution in [-0.2, 0) is 19.0 Å². The maximum absolute atomic E-state index is 11.6. The van der Waals surface area contributed by atoms with Gasteiger partial charge in [0.25, 0.3) is 0 Å². The Labute approximate surface area is 268 Å². The molecule has 0 bridgehead atoms. The number of unbranched alkanes of at least 4 members (excludes halogenated alkanes) is 12. The van der Waals surface area contributed by atoms with Crippen molar-refractivity contribution in [2.75, 3.05) is 0 Å². The lowest BCUT2D eigenvalue weighted by Crippen LogP contribution is -2.33. The molecule has 3 rings (SSSR count). The van der Waals surface area contributed by atoms with Gasteiger partial charge in [-0.15, -0.1) is 0 Å². The first-order valence-electron chi connectivity index (χ1n) is 18.6. The van der Waals surface area contributed by atoms with Gasteiger partial charge in [-0.1, -0.05) is 96.8 Å². The van der Waals surface area contributed by atoms with Crippen LogP contribution in [0, 0.1) is 0 Å². The van der Waals surface area contributed by atoms with Crippen LogP contribution in [-0.4, -0.2) is 70.1 Å². The Morgan fingerprint density at radius 1 is 0.659 bits per heavy atom. The fraction of sp³-hybridized carbons (Fsp3) is 0.919. The van der Waals surface area contributed by atoms with Gasteiger partial charge in [-0.2, -0.15) is 0 Å². The molecule has 7 nitrogen and oxygen atoms in total. The Bertz CT molecular complexity index is 801. The highest BCUT2D eigenvalue weighted by Crippen LogP contribution is 2.34. The van der Waals surface area contributed by atoms with Gasteiger partial charge in [0.1, 0.15) is 6.10 Å². The van der Waals surface area contributed by atoms with Crippen LogP contribution in [0.4, 0.5) is 0 Å². The van der Waals surface area contributed by atoms with Gasteiger partial charge in [-0.05, 0) is 77.2 Å². The Morgan fingerprint density at radius 3 is 1.61 bits per heavy atom. The smallest absolute Gasteiger partial charge is 0.334 e. The third-order valence-electron chi connectivity index (χ3n) is 10.1. The van der Waals surface area contributed by atoms with Crippen LogP contribution in [0.3, 0.4) is 0 Å². The predicted octanol–water partition coefficient (Wildman–Crippen LogP) is 7.86. The van der Waals surface area contributed by atoms with Crippen molar-refractivity contribution in [2.24, 2.45) is 0 Å². The lowest BCUT2D eigenvalue weighted by Gasteiger charge is -2.24. The lowest BCUT2D eigenvalue weighted by molar-refractivity contribution is -0.139. The number of hydrogen-bond acceptors (Lipinski definition) is 7. The molecule has 0 amide bonds. The summed E-state index contributed by atoms with van der Waals surface area (Å²) in [5.74, 6) is -0.123. The van der Waals surface area contributed by atoms with Crippen LogP contribution in [0.2, 0.25) is 0 Å². The zero-order chi connectivity index (χ0) is 31.6. The van der Waals surface area contributed by atoms with Crippen molar-refractivity contribution in [2.45, 2.75) is 217 Å². The third-order valence-corrected chi connectivity index (χ3v) is 10.1. The van der Waals surface area contributed by atoms with E-state index in [2.05, 4.69) is 6.92 Å². The second-order valence-corrected chi connectivity index (χ2v) is 14.0. The summed E-state index contributed by atoms with van der Waals surface area (Å²) in [5, 5.41) is 31.5. The summed E-state index contributed by atoms with van der Waals surface area (Å²) in [7, 11) is 0. The number of cyclic esters (lactones) is 1. The second kappa shape index (κ2) is 21.7. The fourth-order valence-corrected chi connectivity index (χ4v) is 7.27. The monoisotopic (exact) mass is 622 g/mol. The van der Waals surface area contributed by atoms with Crippen LogP contribution in [0.5, 0.6) is 0 Å². The summed E-state index contributed by atoms with van der Waals surface area (Å²) >= 11 is 0. The average molecular weight is 623 g/mol. The number of aliphatic hydroxyl groups is 3. The summed E-state index contributed by atoms with van der Waals surface area (Å²) in [6.07, 6.45) is 25.8. The number of ether oxygens (including phenoxy) is 3. The van der Waals surface area contributed by atoms with Crippen molar-refractivity contribution in [3.63, 3.8) is 0 Å². The quantitative estimate of drug-likeness (QED) is 0.0703. The zero-order valence-corrected chi connectivity index (χ0v) is 28.1. The van der Waals surface area contributed by atoms with E-state index in [4.69, 9.17) is 14.2 Å². The van der Waals surface area contributed by atoms with E-state index in [1.54, 1.807) is 0 Å². The second-order valence-electron chi connectivity index (χ2n) is 14.0. The van der Waals surface area contributed by atoms with Gasteiger partial charge >= 0.3 is 5.97 Å². The summed E-state index contributed by atoms with van der Waals surface area (Å²) < 4.78 is 17.7. The molecule has 1 unspecified atom stereocenters. The largest absolute Gasteiger partial charge is 0.455 e. The Balaban J connectivity index is 1.13. The van der Waals surface area contributed by atoms with Gasteiger partial charge in [0.15, 0.2) is 0 Å². The minimum absolute atomic E-state index is 0.0274. The SMILES string of the molecule is CCCCC[C@@H](O)CCCC[C@@H](O)[C@@H]1CC[C@H]([C@H]2CC[C@H]([C@H](O)CCCCCCCCCCCCC3=CC(C)OC3=O)O2)O1. The molecule has 0 aromatic carbocycles. The van der Waals surface area contributed by atoms with Crippen molar-refractivity contribution >= 4 is 5.97 Å². The van der Waals surface area contributed by atoms with Crippen molar-refractivity contribution in [3.05, 3.63) is 11.6 Å². The first kappa shape index (κ1) is 37.5. The maximum atomic E-state index is 11.6. The van der Waals surface area contributed by atoms with Crippen LogP contribution in [0.1, 0.15) is 168 Å². The molecule has 3 aliphatic rings. The lowest BCUT2D eigenvalue weighted by atomic mass is 10.00. The molecule has 0 radical (unpaired) electrons. The predicted molar refractivity (Wildman–Crippen MR) is 175 cm³/mol. The molecule has 3 heterocycles. The van der Waals surface area contributed by atoms with Gasteiger partial charge < -0.3 is 29.5 Å². The summed E-state index contributed by atoms with van der Waals surface area (Å²) in [6, 6.07) is 0. The Kier molecular flexibility index (Phi) is 18.5.